The van der Waals surface area contributed by atoms with Gasteiger partial charge in [0, 0.05) is 18.2 Å². The number of aliphatic carboxylic acids is 1. The van der Waals surface area contributed by atoms with Crippen LogP contribution in [-0.4, -0.2) is 22.3 Å². The third-order valence-corrected chi connectivity index (χ3v) is 2.92. The van der Waals surface area contributed by atoms with Crippen LogP contribution < -0.4 is 5.32 Å². The summed E-state index contributed by atoms with van der Waals surface area (Å²) in [6, 6.07) is -0.0915. The molecule has 2 N–H and O–H groups in total. The van der Waals surface area contributed by atoms with Crippen molar-refractivity contribution in [1.82, 2.24) is 10.5 Å². The second-order valence-corrected chi connectivity index (χ2v) is 4.10. The van der Waals surface area contributed by atoms with Crippen LogP contribution in [-0.2, 0) is 11.3 Å². The maximum Gasteiger partial charge on any atom is 0.307 e. The molecule has 0 saturated heterocycles. The van der Waals surface area contributed by atoms with Crippen LogP contribution in [0.1, 0.15) is 30.9 Å². The molecule has 0 unspecified atom stereocenters. The van der Waals surface area contributed by atoms with Gasteiger partial charge in [0.2, 0.25) is 0 Å². The van der Waals surface area contributed by atoms with E-state index in [2.05, 4.69) is 10.5 Å². The van der Waals surface area contributed by atoms with E-state index in [4.69, 9.17) is 9.63 Å². The van der Waals surface area contributed by atoms with Crippen molar-refractivity contribution in [2.24, 2.45) is 5.92 Å². The van der Waals surface area contributed by atoms with E-state index in [9.17, 15) is 4.79 Å². The van der Waals surface area contributed by atoms with Gasteiger partial charge >= 0.3 is 5.97 Å². The lowest BCUT2D eigenvalue weighted by Crippen LogP contribution is -2.35. The van der Waals surface area contributed by atoms with Crippen molar-refractivity contribution in [2.45, 2.75) is 40.3 Å². The molecule has 0 aromatic carbocycles. The Balaban J connectivity index is 2.55. The first-order valence-electron chi connectivity index (χ1n) is 5.31. The summed E-state index contributed by atoms with van der Waals surface area (Å²) in [7, 11) is 0. The van der Waals surface area contributed by atoms with Gasteiger partial charge in [-0.3, -0.25) is 4.79 Å². The van der Waals surface area contributed by atoms with Gasteiger partial charge < -0.3 is 14.9 Å². The van der Waals surface area contributed by atoms with Crippen LogP contribution in [0.25, 0.3) is 0 Å². The van der Waals surface area contributed by atoms with Crippen molar-refractivity contribution in [3.8, 4) is 0 Å². The van der Waals surface area contributed by atoms with Gasteiger partial charge in [-0.05, 0) is 20.8 Å². The van der Waals surface area contributed by atoms with E-state index in [1.807, 2.05) is 20.8 Å². The Morgan fingerprint density at radius 2 is 2.12 bits per heavy atom. The predicted octanol–water partition coefficient (Wildman–Crippen LogP) is 1.49. The zero-order valence-corrected chi connectivity index (χ0v) is 10.1. The van der Waals surface area contributed by atoms with Crippen LogP contribution >= 0.6 is 0 Å². The van der Waals surface area contributed by atoms with E-state index in [0.717, 1.165) is 17.0 Å². The molecule has 2 atom stereocenters. The fourth-order valence-corrected chi connectivity index (χ4v) is 1.41. The van der Waals surface area contributed by atoms with Gasteiger partial charge in [0.25, 0.3) is 0 Å². The highest BCUT2D eigenvalue weighted by atomic mass is 16.5. The number of carboxylic acid groups (broad SMARTS) is 1. The predicted molar refractivity (Wildman–Crippen MR) is 59.1 cm³/mol. The fourth-order valence-electron chi connectivity index (χ4n) is 1.41. The number of aromatic nitrogens is 1. The molecule has 0 fully saturated rings. The van der Waals surface area contributed by atoms with Gasteiger partial charge in [0.05, 0.1) is 11.6 Å². The average Bonchev–Trinajstić information content (AvgIpc) is 2.54. The molecule has 0 amide bonds. The van der Waals surface area contributed by atoms with E-state index >= 15 is 0 Å². The van der Waals surface area contributed by atoms with Gasteiger partial charge in [-0.25, -0.2) is 0 Å². The Bertz CT molecular complexity index is 354. The minimum absolute atomic E-state index is 0.0915. The molecular weight excluding hydrogens is 208 g/mol. The highest BCUT2D eigenvalue weighted by molar-refractivity contribution is 5.70. The number of aryl methyl sites for hydroxylation is 2. The molecule has 90 valence electrons. The summed E-state index contributed by atoms with van der Waals surface area (Å²) in [5, 5.41) is 15.9. The van der Waals surface area contributed by atoms with Crippen molar-refractivity contribution in [1.29, 1.82) is 0 Å². The summed E-state index contributed by atoms with van der Waals surface area (Å²) in [6.07, 6.45) is 0. The summed E-state index contributed by atoms with van der Waals surface area (Å²) in [5.41, 5.74) is 1.85. The smallest absolute Gasteiger partial charge is 0.307 e. The van der Waals surface area contributed by atoms with Crippen LogP contribution in [0, 0.1) is 19.8 Å². The number of hydrogen-bond acceptors (Lipinski definition) is 4. The van der Waals surface area contributed by atoms with Crippen molar-refractivity contribution in [2.75, 3.05) is 0 Å². The molecule has 5 nitrogen and oxygen atoms in total. The van der Waals surface area contributed by atoms with Crippen molar-refractivity contribution in [3.63, 3.8) is 0 Å². The average molecular weight is 226 g/mol. The SMILES string of the molecule is Cc1noc(C)c1CN[C@H](C)[C@@H](C)C(=O)O. The van der Waals surface area contributed by atoms with Gasteiger partial charge in [-0.2, -0.15) is 0 Å². The molecule has 0 radical (unpaired) electrons. The molecule has 5 heteroatoms. The summed E-state index contributed by atoms with van der Waals surface area (Å²) in [5.74, 6) is -0.431. The van der Waals surface area contributed by atoms with Crippen LogP contribution in [0.5, 0.6) is 0 Å². The van der Waals surface area contributed by atoms with Crippen molar-refractivity contribution < 1.29 is 14.4 Å². The Morgan fingerprint density at radius 1 is 1.50 bits per heavy atom. The van der Waals surface area contributed by atoms with Crippen LogP contribution in [0.15, 0.2) is 4.52 Å². The lowest BCUT2D eigenvalue weighted by Gasteiger charge is -2.17. The van der Waals surface area contributed by atoms with Crippen LogP contribution in [0.4, 0.5) is 0 Å². The monoisotopic (exact) mass is 226 g/mol. The molecule has 0 spiro atoms. The molecule has 0 aliphatic heterocycles. The first-order chi connectivity index (χ1) is 7.43. The zero-order valence-electron chi connectivity index (χ0n) is 10.1. The number of nitrogens with one attached hydrogen (secondary N) is 1. The number of carboxylic acids is 1. The maximum absolute atomic E-state index is 10.8. The Kier molecular flexibility index (Phi) is 4.06. The highest BCUT2D eigenvalue weighted by Gasteiger charge is 2.19. The molecule has 0 bridgehead atoms. The first-order valence-corrected chi connectivity index (χ1v) is 5.31. The quantitative estimate of drug-likeness (QED) is 0.795. The van der Waals surface area contributed by atoms with E-state index in [1.54, 1.807) is 6.92 Å². The molecule has 0 saturated carbocycles. The minimum atomic E-state index is -0.793. The van der Waals surface area contributed by atoms with Crippen LogP contribution in [0.3, 0.4) is 0 Å². The summed E-state index contributed by atoms with van der Waals surface area (Å²) < 4.78 is 5.03. The standard InChI is InChI=1S/C11H18N2O3/c1-6(11(14)15)7(2)12-5-10-8(3)13-16-9(10)4/h6-7,12H,5H2,1-4H3,(H,14,15)/t6-,7-/m1/s1. The first kappa shape index (κ1) is 12.7. The molecule has 0 aliphatic carbocycles. The van der Waals surface area contributed by atoms with E-state index < -0.39 is 11.9 Å². The van der Waals surface area contributed by atoms with Gasteiger partial charge in [-0.1, -0.05) is 12.1 Å². The molecule has 1 aromatic heterocycles. The Labute approximate surface area is 94.8 Å². The molecule has 1 heterocycles. The lowest BCUT2D eigenvalue weighted by atomic mass is 10.0. The second-order valence-electron chi connectivity index (χ2n) is 4.10. The van der Waals surface area contributed by atoms with E-state index in [1.165, 1.54) is 0 Å². The lowest BCUT2D eigenvalue weighted by molar-refractivity contribution is -0.141. The van der Waals surface area contributed by atoms with Crippen molar-refractivity contribution in [3.05, 3.63) is 17.0 Å². The van der Waals surface area contributed by atoms with Gasteiger partial charge in [0.15, 0.2) is 0 Å². The summed E-state index contributed by atoms with van der Waals surface area (Å²) in [4.78, 5) is 10.8. The second kappa shape index (κ2) is 5.12. The Hall–Kier alpha value is -1.36. The number of carbonyl (C=O) groups is 1. The molecule has 1 aromatic rings. The number of nitrogens with zero attached hydrogens (tertiary/aromatic N) is 1. The fraction of sp³-hybridized carbons (Fsp3) is 0.636. The van der Waals surface area contributed by atoms with Crippen molar-refractivity contribution >= 4 is 5.97 Å². The highest BCUT2D eigenvalue weighted by Crippen LogP contribution is 2.12. The normalized spacial score (nSPS) is 14.8. The van der Waals surface area contributed by atoms with E-state index in [-0.39, 0.29) is 6.04 Å². The third kappa shape index (κ3) is 2.82. The minimum Gasteiger partial charge on any atom is -0.481 e. The van der Waals surface area contributed by atoms with Crippen LogP contribution in [0.2, 0.25) is 0 Å². The third-order valence-electron chi connectivity index (χ3n) is 2.92. The van der Waals surface area contributed by atoms with Gasteiger partial charge in [-0.15, -0.1) is 0 Å². The zero-order chi connectivity index (χ0) is 12.3. The number of rotatable bonds is 5. The summed E-state index contributed by atoms with van der Waals surface area (Å²) >= 11 is 0. The summed E-state index contributed by atoms with van der Waals surface area (Å²) in [6.45, 7) is 7.85. The molecule has 0 aliphatic rings. The van der Waals surface area contributed by atoms with Gasteiger partial charge in [0.1, 0.15) is 5.76 Å². The number of hydrogen-bond donors (Lipinski definition) is 2. The largest absolute Gasteiger partial charge is 0.481 e. The molecule has 16 heavy (non-hydrogen) atoms. The molecule has 1 rings (SSSR count). The topological polar surface area (TPSA) is 75.4 Å². The van der Waals surface area contributed by atoms with E-state index in [0.29, 0.717) is 6.54 Å². The molecular formula is C11H18N2O3. The Morgan fingerprint density at radius 3 is 2.56 bits per heavy atom. The maximum atomic E-state index is 10.8.